The molecule has 70 heavy (non-hydrogen) atoms. The highest BCUT2D eigenvalue weighted by atomic mass is 32.2. The molecule has 0 aliphatic carbocycles. The minimum Gasteiger partial charge on any atom is -0.207 e. The van der Waals surface area contributed by atoms with Gasteiger partial charge in [-0.05, 0) is 165 Å². The third-order valence-electron chi connectivity index (χ3n) is 12.6. The topological polar surface area (TPSA) is 150 Å². The van der Waals surface area contributed by atoms with Gasteiger partial charge in [0.1, 0.15) is 0 Å². The van der Waals surface area contributed by atoms with Crippen LogP contribution in [0.5, 0.6) is 0 Å². The molecule has 4 aromatic rings. The van der Waals surface area contributed by atoms with Gasteiger partial charge in [0.2, 0.25) is 40.1 Å². The number of rotatable bonds is 25. The van der Waals surface area contributed by atoms with Gasteiger partial charge < -0.3 is 0 Å². The van der Waals surface area contributed by atoms with Gasteiger partial charge in [-0.25, -0.2) is 33.7 Å². The first kappa shape index (κ1) is 59.1. The van der Waals surface area contributed by atoms with E-state index >= 15 is 0 Å². The maximum absolute atomic E-state index is 14.8. The lowest BCUT2D eigenvalue weighted by Gasteiger charge is -2.29. The van der Waals surface area contributed by atoms with Gasteiger partial charge in [0.05, 0.1) is 19.6 Å². The predicted molar refractivity (Wildman–Crippen MR) is 286 cm³/mol. The molecule has 4 rings (SSSR count). The Balaban J connectivity index is 1.67. The molecule has 0 N–H and O–H groups in total. The molecule has 0 heterocycles. The molecule has 0 aromatic heterocycles. The molecule has 0 saturated carbocycles. The Morgan fingerprint density at radius 3 is 0.671 bits per heavy atom. The molecule has 0 aliphatic heterocycles. The summed E-state index contributed by atoms with van der Waals surface area (Å²) in [5.41, 5.74) is 8.89. The summed E-state index contributed by atoms with van der Waals surface area (Å²) in [5.74, 6) is 0.0176. The van der Waals surface area contributed by atoms with Crippen molar-refractivity contribution < 1.29 is 33.7 Å². The fourth-order valence-electron chi connectivity index (χ4n) is 10.4. The highest BCUT2D eigenvalue weighted by molar-refractivity contribution is 7.90. The molecule has 0 bridgehead atoms. The molecule has 0 amide bonds. The second-order valence-electron chi connectivity index (χ2n) is 20.6. The number of aryl methyl sites for hydroxylation is 12. The smallest absolute Gasteiger partial charge is 0.207 e. The Labute approximate surface area is 424 Å². The molecule has 4 aromatic carbocycles. The van der Waals surface area contributed by atoms with E-state index in [0.717, 1.165) is 22.3 Å². The minimum atomic E-state index is -4.10. The fraction of sp³-hybridized carbons (Fsp3) is 0.556. The number of hydrogen-bond donors (Lipinski definition) is 0. The zero-order chi connectivity index (χ0) is 52.8. The monoisotopic (exact) mass is 1040 g/mol. The van der Waals surface area contributed by atoms with Gasteiger partial charge in [0, 0.05) is 52.4 Å². The molecular weight excluding hydrogens is 961 g/mol. The van der Waals surface area contributed by atoms with E-state index in [9.17, 15) is 33.7 Å². The number of nitrogens with zero attached hydrogens (tertiary/aromatic N) is 4. The quantitative estimate of drug-likeness (QED) is 0.0596. The molecule has 0 unspecified atom stereocenters. The fourth-order valence-corrected chi connectivity index (χ4v) is 18.3. The van der Waals surface area contributed by atoms with Crippen LogP contribution in [-0.2, 0) is 40.1 Å². The van der Waals surface area contributed by atoms with Crippen molar-refractivity contribution in [1.29, 1.82) is 0 Å². The van der Waals surface area contributed by atoms with Crippen LogP contribution >= 0.6 is 0 Å². The van der Waals surface area contributed by atoms with Crippen LogP contribution in [0.1, 0.15) is 120 Å². The molecule has 0 saturated heterocycles. The van der Waals surface area contributed by atoms with E-state index in [-0.39, 0.29) is 96.6 Å². The van der Waals surface area contributed by atoms with E-state index in [0.29, 0.717) is 57.3 Å². The van der Waals surface area contributed by atoms with Gasteiger partial charge in [-0.1, -0.05) is 98.5 Å². The van der Waals surface area contributed by atoms with Gasteiger partial charge in [-0.15, -0.1) is 0 Å². The van der Waals surface area contributed by atoms with Crippen LogP contribution < -0.4 is 0 Å². The second kappa shape index (κ2) is 24.0. The number of sulfonamides is 4. The highest BCUT2D eigenvalue weighted by Crippen LogP contribution is 2.31. The molecule has 0 fully saturated rings. The Morgan fingerprint density at radius 2 is 0.471 bits per heavy atom. The van der Waals surface area contributed by atoms with Crippen molar-refractivity contribution in [3.05, 3.63) is 115 Å². The zero-order valence-electron chi connectivity index (χ0n) is 44.9. The van der Waals surface area contributed by atoms with Gasteiger partial charge in [-0.2, -0.15) is 17.2 Å². The summed E-state index contributed by atoms with van der Waals surface area (Å²) in [5, 5.41) is 0. The molecule has 0 radical (unpaired) electrons. The van der Waals surface area contributed by atoms with Crippen LogP contribution in [0.15, 0.2) is 68.1 Å². The second-order valence-corrected chi connectivity index (χ2v) is 28.1. The van der Waals surface area contributed by atoms with E-state index in [1.165, 1.54) is 17.2 Å². The molecule has 0 atom stereocenters. The Kier molecular flexibility index (Phi) is 20.3. The van der Waals surface area contributed by atoms with Crippen LogP contribution in [0.2, 0.25) is 0 Å². The van der Waals surface area contributed by atoms with Crippen molar-refractivity contribution >= 4 is 40.1 Å². The molecule has 0 aliphatic rings. The standard InChI is InChI=1S/C54H82N4O8S4/c1-37(2)35-57(69(63,64)53-47(13)31-41(7)32-48(53)14)25-19-23-55(67(59,60)51-43(9)27-39(5)28-44(51)10)21-17-18-22-56(68(61,62)52-45(11)29-40(6)30-46(52)12)24-20-26-58(36-38(3)4)70(65,66)54-49(15)33-42(8)34-50(54)16/h27-34,37-38H,17-26,35-36H2,1-16H3. The van der Waals surface area contributed by atoms with E-state index < -0.39 is 40.1 Å². The van der Waals surface area contributed by atoms with E-state index in [1.807, 2.05) is 104 Å². The highest BCUT2D eigenvalue weighted by Gasteiger charge is 2.34. The average Bonchev–Trinajstić information content (AvgIpc) is 3.17. The van der Waals surface area contributed by atoms with E-state index in [1.54, 1.807) is 55.4 Å². The van der Waals surface area contributed by atoms with Crippen molar-refractivity contribution in [2.24, 2.45) is 11.8 Å². The van der Waals surface area contributed by atoms with Crippen LogP contribution in [0.25, 0.3) is 0 Å². The normalized spacial score (nSPS) is 13.1. The summed E-state index contributed by atoms with van der Waals surface area (Å²) in [6.45, 7) is 30.8. The molecular formula is C54H82N4O8S4. The first-order valence-corrected chi connectivity index (χ1v) is 30.4. The number of benzene rings is 4. The summed E-state index contributed by atoms with van der Waals surface area (Å²) in [7, 11) is -16.1. The number of hydrogen-bond acceptors (Lipinski definition) is 8. The Morgan fingerprint density at radius 1 is 0.300 bits per heavy atom. The van der Waals surface area contributed by atoms with Crippen molar-refractivity contribution in [3.8, 4) is 0 Å². The van der Waals surface area contributed by atoms with Crippen molar-refractivity contribution in [1.82, 2.24) is 17.2 Å². The Bertz CT molecular complexity index is 2670. The van der Waals surface area contributed by atoms with Crippen LogP contribution in [0.3, 0.4) is 0 Å². The van der Waals surface area contributed by atoms with Crippen molar-refractivity contribution in [2.75, 3.05) is 52.4 Å². The van der Waals surface area contributed by atoms with Crippen LogP contribution in [0, 0.1) is 94.9 Å². The SMILES string of the molecule is Cc1cc(C)c(S(=O)(=O)N(CCCCN(CCCN(CC(C)C)S(=O)(=O)c2c(C)cc(C)cc2C)S(=O)(=O)c2c(C)cc(C)cc2C)CCCN(CC(C)C)S(=O)(=O)c2c(C)cc(C)cc2C)c(C)c1. The molecule has 16 heteroatoms. The lowest BCUT2D eigenvalue weighted by Crippen LogP contribution is -2.40. The maximum Gasteiger partial charge on any atom is 0.243 e. The van der Waals surface area contributed by atoms with E-state index in [4.69, 9.17) is 0 Å². The summed E-state index contributed by atoms with van der Waals surface area (Å²) < 4.78 is 123. The van der Waals surface area contributed by atoms with Crippen LogP contribution in [-0.4, -0.2) is 103 Å². The van der Waals surface area contributed by atoms with Gasteiger partial charge >= 0.3 is 0 Å². The predicted octanol–water partition coefficient (Wildman–Crippen LogP) is 10.3. The Hall–Kier alpha value is -3.48. The van der Waals surface area contributed by atoms with Gasteiger partial charge in [0.15, 0.2) is 0 Å². The third kappa shape index (κ3) is 14.2. The summed E-state index contributed by atoms with van der Waals surface area (Å²) in [6, 6.07) is 14.8. The van der Waals surface area contributed by atoms with E-state index in [2.05, 4.69) is 0 Å². The first-order chi connectivity index (χ1) is 32.3. The largest absolute Gasteiger partial charge is 0.243 e. The third-order valence-corrected chi connectivity index (χ3v) is 21.4. The lowest BCUT2D eigenvalue weighted by molar-refractivity contribution is 0.321. The lowest BCUT2D eigenvalue weighted by atomic mass is 10.1. The van der Waals surface area contributed by atoms with Crippen molar-refractivity contribution in [3.63, 3.8) is 0 Å². The van der Waals surface area contributed by atoms with Crippen molar-refractivity contribution in [2.45, 2.75) is 156 Å². The zero-order valence-corrected chi connectivity index (χ0v) is 48.2. The van der Waals surface area contributed by atoms with Gasteiger partial charge in [0.25, 0.3) is 0 Å². The molecule has 12 nitrogen and oxygen atoms in total. The van der Waals surface area contributed by atoms with Crippen LogP contribution in [0.4, 0.5) is 0 Å². The summed E-state index contributed by atoms with van der Waals surface area (Å²) >= 11 is 0. The molecule has 0 spiro atoms. The van der Waals surface area contributed by atoms with Gasteiger partial charge in [-0.3, -0.25) is 0 Å². The first-order valence-electron chi connectivity index (χ1n) is 24.7. The minimum absolute atomic E-state index is 0.00880. The summed E-state index contributed by atoms with van der Waals surface area (Å²) in [4.78, 5) is 0.968. The average molecular weight is 1040 g/mol. The number of unbranched alkanes of at least 4 members (excludes halogenated alkanes) is 1. The summed E-state index contributed by atoms with van der Waals surface area (Å²) in [6.07, 6.45) is 1.05. The maximum atomic E-state index is 14.8. The molecule has 390 valence electrons.